The third kappa shape index (κ3) is 3.78. The van der Waals surface area contributed by atoms with E-state index in [1.54, 1.807) is 0 Å². The van der Waals surface area contributed by atoms with Crippen LogP contribution in [0.1, 0.15) is 85.5 Å². The molecule has 0 radical (unpaired) electrons. The van der Waals surface area contributed by atoms with Crippen molar-refractivity contribution in [2.45, 2.75) is 97.1 Å². The summed E-state index contributed by atoms with van der Waals surface area (Å²) in [6.45, 7) is 10.5. The number of rotatable bonds is 4. The van der Waals surface area contributed by atoms with E-state index >= 15 is 0 Å². The standard InChI is InChI=1S/C23H39N3O2/c1-5-16(2)19(27)26-8-6-18(7-9-26)24-20(28)25-23-12-17-10-21(3,14-23)13-22(4,11-17)15-23/h16-18H,5-15H2,1-4H3,(H2,24,25,28)/t16?,17?,21-,22+,23?. The van der Waals surface area contributed by atoms with Crippen molar-refractivity contribution in [2.24, 2.45) is 22.7 Å². The fraction of sp³-hybridized carbons (Fsp3) is 0.913. The van der Waals surface area contributed by atoms with Gasteiger partial charge in [-0.1, -0.05) is 27.7 Å². The van der Waals surface area contributed by atoms with Gasteiger partial charge < -0.3 is 15.5 Å². The highest BCUT2D eigenvalue weighted by Gasteiger charge is 2.60. The second-order valence-electron chi connectivity index (χ2n) is 11.4. The first-order chi connectivity index (χ1) is 13.1. The summed E-state index contributed by atoms with van der Waals surface area (Å²) < 4.78 is 0. The molecule has 28 heavy (non-hydrogen) atoms. The van der Waals surface area contributed by atoms with Gasteiger partial charge in [0.25, 0.3) is 0 Å². The molecule has 0 spiro atoms. The van der Waals surface area contributed by atoms with Gasteiger partial charge in [-0.15, -0.1) is 0 Å². The average Bonchev–Trinajstić information content (AvgIpc) is 2.57. The zero-order chi connectivity index (χ0) is 20.2. The quantitative estimate of drug-likeness (QED) is 0.761. The SMILES string of the molecule is CCC(C)C(=O)N1CCC(NC(=O)NC23CC4C[C@@](C)(C2)C[C@](C)(C4)C3)CC1. The first kappa shape index (κ1) is 20.0. The van der Waals surface area contributed by atoms with Gasteiger partial charge in [-0.3, -0.25) is 4.79 Å². The predicted octanol–water partition coefficient (Wildman–Crippen LogP) is 4.07. The monoisotopic (exact) mass is 389 g/mol. The predicted molar refractivity (Wildman–Crippen MR) is 111 cm³/mol. The molecule has 4 bridgehead atoms. The first-order valence-electron chi connectivity index (χ1n) is 11.5. The molecule has 2 N–H and O–H groups in total. The van der Waals surface area contributed by atoms with E-state index < -0.39 is 0 Å². The molecule has 1 saturated heterocycles. The summed E-state index contributed by atoms with van der Waals surface area (Å²) in [6, 6.07) is 0.196. The van der Waals surface area contributed by atoms with Crippen LogP contribution in [0.4, 0.5) is 4.79 Å². The van der Waals surface area contributed by atoms with Crippen molar-refractivity contribution in [3.05, 3.63) is 0 Å². The van der Waals surface area contributed by atoms with E-state index in [1.165, 1.54) is 19.3 Å². The minimum absolute atomic E-state index is 0.000224. The van der Waals surface area contributed by atoms with E-state index in [-0.39, 0.29) is 29.4 Å². The zero-order valence-electron chi connectivity index (χ0n) is 18.3. The maximum atomic E-state index is 12.9. The molecule has 0 aromatic rings. The summed E-state index contributed by atoms with van der Waals surface area (Å²) in [6.07, 6.45) is 10.1. The maximum Gasteiger partial charge on any atom is 0.315 e. The van der Waals surface area contributed by atoms with Crippen molar-refractivity contribution in [2.75, 3.05) is 13.1 Å². The Bertz CT molecular complexity index is 622. The highest BCUT2D eigenvalue weighted by atomic mass is 16.2. The van der Waals surface area contributed by atoms with Crippen molar-refractivity contribution in [1.29, 1.82) is 0 Å². The fourth-order valence-corrected chi connectivity index (χ4v) is 7.78. The number of nitrogens with one attached hydrogen (secondary N) is 2. The summed E-state index contributed by atoms with van der Waals surface area (Å²) in [5, 5.41) is 6.69. The topological polar surface area (TPSA) is 61.4 Å². The lowest BCUT2D eigenvalue weighted by Gasteiger charge is -2.65. The molecular formula is C23H39N3O2. The third-order valence-corrected chi connectivity index (χ3v) is 8.18. The number of nitrogens with zero attached hydrogens (tertiary/aromatic N) is 1. The lowest BCUT2D eigenvalue weighted by Crippen LogP contribution is -2.66. The van der Waals surface area contributed by atoms with Gasteiger partial charge in [0.05, 0.1) is 0 Å². The molecule has 4 saturated carbocycles. The summed E-state index contributed by atoms with van der Waals surface area (Å²) >= 11 is 0. The van der Waals surface area contributed by atoms with Crippen molar-refractivity contribution in [3.63, 3.8) is 0 Å². The average molecular weight is 390 g/mol. The van der Waals surface area contributed by atoms with Crippen LogP contribution in [0, 0.1) is 22.7 Å². The van der Waals surface area contributed by atoms with E-state index in [2.05, 4.69) is 31.4 Å². The maximum absolute atomic E-state index is 12.9. The van der Waals surface area contributed by atoms with E-state index in [0.29, 0.717) is 10.8 Å². The second kappa shape index (κ2) is 6.91. The molecule has 5 nitrogen and oxygen atoms in total. The Morgan fingerprint density at radius 1 is 1.04 bits per heavy atom. The van der Waals surface area contributed by atoms with Crippen LogP contribution < -0.4 is 10.6 Å². The number of hydrogen-bond donors (Lipinski definition) is 2. The van der Waals surface area contributed by atoms with Crippen molar-refractivity contribution in [3.8, 4) is 0 Å². The fourth-order valence-electron chi connectivity index (χ4n) is 7.78. The summed E-state index contributed by atoms with van der Waals surface area (Å²) in [4.78, 5) is 27.2. The molecule has 5 atom stereocenters. The molecule has 0 aromatic carbocycles. The number of piperidine rings is 1. The Morgan fingerprint density at radius 3 is 2.18 bits per heavy atom. The summed E-state index contributed by atoms with van der Waals surface area (Å²) in [5.41, 5.74) is 0.812. The Kier molecular flexibility index (Phi) is 4.95. The van der Waals surface area contributed by atoms with Gasteiger partial charge in [-0.25, -0.2) is 4.79 Å². The first-order valence-corrected chi connectivity index (χ1v) is 11.5. The molecule has 5 fully saturated rings. The molecule has 5 heteroatoms. The molecule has 3 amide bonds. The van der Waals surface area contributed by atoms with Crippen molar-refractivity contribution >= 4 is 11.9 Å². The minimum atomic E-state index is 0.000224. The Balaban J connectivity index is 1.31. The molecule has 4 aliphatic carbocycles. The molecule has 1 aliphatic heterocycles. The van der Waals surface area contributed by atoms with Crippen LogP contribution in [0.3, 0.4) is 0 Å². The van der Waals surface area contributed by atoms with Gasteiger partial charge in [-0.05, 0) is 74.5 Å². The van der Waals surface area contributed by atoms with Crippen LogP contribution in [0.15, 0.2) is 0 Å². The lowest BCUT2D eigenvalue weighted by atomic mass is 9.43. The van der Waals surface area contributed by atoms with E-state index in [9.17, 15) is 9.59 Å². The van der Waals surface area contributed by atoms with E-state index in [0.717, 1.165) is 57.5 Å². The van der Waals surface area contributed by atoms with Crippen LogP contribution in [-0.4, -0.2) is 41.5 Å². The minimum Gasteiger partial charge on any atom is -0.342 e. The number of carbonyl (C=O) groups excluding carboxylic acids is 2. The van der Waals surface area contributed by atoms with Crippen molar-refractivity contribution in [1.82, 2.24) is 15.5 Å². The third-order valence-electron chi connectivity index (χ3n) is 8.18. The smallest absolute Gasteiger partial charge is 0.315 e. The highest BCUT2D eigenvalue weighted by molar-refractivity contribution is 5.78. The largest absolute Gasteiger partial charge is 0.342 e. The van der Waals surface area contributed by atoms with E-state index in [1.807, 2.05) is 11.8 Å². The number of amides is 3. The normalized spacial score (nSPS) is 41.0. The number of carbonyl (C=O) groups is 2. The van der Waals surface area contributed by atoms with Crippen LogP contribution in [0.2, 0.25) is 0 Å². The molecular weight excluding hydrogens is 350 g/mol. The summed E-state index contributed by atoms with van der Waals surface area (Å²) in [5.74, 6) is 1.15. The van der Waals surface area contributed by atoms with Gasteiger partial charge in [0.15, 0.2) is 0 Å². The van der Waals surface area contributed by atoms with Gasteiger partial charge >= 0.3 is 6.03 Å². The Labute approximate surface area is 170 Å². The van der Waals surface area contributed by atoms with Crippen LogP contribution in [-0.2, 0) is 4.79 Å². The van der Waals surface area contributed by atoms with Gasteiger partial charge in [-0.2, -0.15) is 0 Å². The van der Waals surface area contributed by atoms with Gasteiger partial charge in [0.2, 0.25) is 5.91 Å². The number of likely N-dealkylation sites (tertiary alicyclic amines) is 1. The van der Waals surface area contributed by atoms with Crippen LogP contribution >= 0.6 is 0 Å². The molecule has 0 aromatic heterocycles. The molecule has 158 valence electrons. The number of urea groups is 1. The zero-order valence-corrected chi connectivity index (χ0v) is 18.3. The molecule has 5 aliphatic rings. The van der Waals surface area contributed by atoms with Gasteiger partial charge in [0.1, 0.15) is 0 Å². The Hall–Kier alpha value is -1.26. The highest BCUT2D eigenvalue weighted by Crippen LogP contribution is 2.66. The summed E-state index contributed by atoms with van der Waals surface area (Å²) in [7, 11) is 0. The van der Waals surface area contributed by atoms with E-state index in [4.69, 9.17) is 0 Å². The van der Waals surface area contributed by atoms with Crippen LogP contribution in [0.5, 0.6) is 0 Å². The molecule has 3 unspecified atom stereocenters. The molecule has 1 heterocycles. The second-order valence-corrected chi connectivity index (χ2v) is 11.4. The lowest BCUT2D eigenvalue weighted by molar-refractivity contribution is -0.136. The number of hydrogen-bond acceptors (Lipinski definition) is 2. The molecule has 5 rings (SSSR count). The van der Waals surface area contributed by atoms with Crippen LogP contribution in [0.25, 0.3) is 0 Å². The van der Waals surface area contributed by atoms with Crippen molar-refractivity contribution < 1.29 is 9.59 Å². The van der Waals surface area contributed by atoms with Gasteiger partial charge in [0, 0.05) is 30.6 Å². The Morgan fingerprint density at radius 2 is 1.64 bits per heavy atom.